The highest BCUT2D eigenvalue weighted by molar-refractivity contribution is 5.90. The standard InChI is InChI=1S/C21H23N3O2/c1-24-14-12-19-18(3-2-4-20(19)24)11-13-22-15-17-7-5-16(6-8-17)9-10-21(25)23-26/h2-10,12,14,22,26H,11,13,15H2,1H3,(H,23,25)/b10-9+. The number of rotatable bonds is 7. The molecular formula is C21H23N3O2. The van der Waals surface area contributed by atoms with E-state index in [4.69, 9.17) is 5.21 Å². The number of fused-ring (bicyclic) bond motifs is 1. The summed E-state index contributed by atoms with van der Waals surface area (Å²) in [5.74, 6) is -0.538. The summed E-state index contributed by atoms with van der Waals surface area (Å²) in [5, 5.41) is 13.3. The second-order valence-corrected chi connectivity index (χ2v) is 6.25. The number of benzene rings is 2. The number of aryl methyl sites for hydroxylation is 1. The monoisotopic (exact) mass is 349 g/mol. The fraction of sp³-hybridized carbons (Fsp3) is 0.190. The van der Waals surface area contributed by atoms with Gasteiger partial charge < -0.3 is 9.88 Å². The molecule has 1 aromatic heterocycles. The zero-order valence-electron chi connectivity index (χ0n) is 14.8. The number of nitrogens with one attached hydrogen (secondary N) is 2. The minimum atomic E-state index is -0.538. The van der Waals surface area contributed by atoms with E-state index in [9.17, 15) is 4.79 Å². The number of carbonyl (C=O) groups excluding carboxylic acids is 1. The van der Waals surface area contributed by atoms with Crippen LogP contribution >= 0.6 is 0 Å². The number of amides is 1. The van der Waals surface area contributed by atoms with Crippen LogP contribution in [0.25, 0.3) is 17.0 Å². The van der Waals surface area contributed by atoms with E-state index in [-0.39, 0.29) is 0 Å². The van der Waals surface area contributed by atoms with Crippen LogP contribution in [-0.4, -0.2) is 22.2 Å². The average Bonchev–Trinajstić information content (AvgIpc) is 3.06. The fourth-order valence-electron chi connectivity index (χ4n) is 3.00. The highest BCUT2D eigenvalue weighted by Crippen LogP contribution is 2.19. The highest BCUT2D eigenvalue weighted by Gasteiger charge is 2.03. The lowest BCUT2D eigenvalue weighted by atomic mass is 10.1. The first-order valence-electron chi connectivity index (χ1n) is 8.62. The highest BCUT2D eigenvalue weighted by atomic mass is 16.5. The van der Waals surface area contributed by atoms with Crippen molar-refractivity contribution in [3.63, 3.8) is 0 Å². The molecule has 5 nitrogen and oxygen atoms in total. The van der Waals surface area contributed by atoms with Gasteiger partial charge in [-0.1, -0.05) is 36.4 Å². The molecule has 0 aliphatic carbocycles. The van der Waals surface area contributed by atoms with Crippen LogP contribution in [0.5, 0.6) is 0 Å². The maximum absolute atomic E-state index is 11.0. The van der Waals surface area contributed by atoms with Gasteiger partial charge in [-0.2, -0.15) is 0 Å². The van der Waals surface area contributed by atoms with Crippen LogP contribution in [-0.2, 0) is 24.8 Å². The molecule has 2 aromatic carbocycles. The largest absolute Gasteiger partial charge is 0.351 e. The van der Waals surface area contributed by atoms with Gasteiger partial charge in [0, 0.05) is 36.8 Å². The molecule has 3 aromatic rings. The molecule has 1 heterocycles. The molecule has 0 fully saturated rings. The Kier molecular flexibility index (Phi) is 5.84. The van der Waals surface area contributed by atoms with Crippen LogP contribution in [0, 0.1) is 0 Å². The second kappa shape index (κ2) is 8.47. The van der Waals surface area contributed by atoms with Gasteiger partial charge >= 0.3 is 0 Å². The Bertz CT molecular complexity index is 911. The van der Waals surface area contributed by atoms with E-state index in [0.717, 1.165) is 25.1 Å². The molecule has 0 aliphatic rings. The molecule has 0 saturated heterocycles. The van der Waals surface area contributed by atoms with Crippen molar-refractivity contribution in [1.29, 1.82) is 0 Å². The number of aromatic nitrogens is 1. The van der Waals surface area contributed by atoms with Crippen LogP contribution in [0.3, 0.4) is 0 Å². The number of hydroxylamine groups is 1. The van der Waals surface area contributed by atoms with Crippen molar-refractivity contribution in [2.24, 2.45) is 7.05 Å². The van der Waals surface area contributed by atoms with E-state index < -0.39 is 5.91 Å². The molecule has 0 bridgehead atoms. The van der Waals surface area contributed by atoms with Crippen molar-refractivity contribution in [1.82, 2.24) is 15.4 Å². The lowest BCUT2D eigenvalue weighted by Crippen LogP contribution is -2.16. The summed E-state index contributed by atoms with van der Waals surface area (Å²) in [7, 11) is 2.07. The van der Waals surface area contributed by atoms with Crippen molar-refractivity contribution in [2.75, 3.05) is 6.54 Å². The van der Waals surface area contributed by atoms with Crippen molar-refractivity contribution < 1.29 is 10.0 Å². The van der Waals surface area contributed by atoms with Gasteiger partial charge in [0.25, 0.3) is 5.91 Å². The normalized spacial score (nSPS) is 11.3. The Morgan fingerprint density at radius 1 is 1.15 bits per heavy atom. The number of hydrogen-bond donors (Lipinski definition) is 3. The molecule has 0 saturated carbocycles. The summed E-state index contributed by atoms with van der Waals surface area (Å²) in [6.07, 6.45) is 6.03. The van der Waals surface area contributed by atoms with Gasteiger partial charge in [-0.3, -0.25) is 10.0 Å². The molecule has 0 spiro atoms. The molecule has 0 atom stereocenters. The first-order valence-corrected chi connectivity index (χ1v) is 8.62. The van der Waals surface area contributed by atoms with E-state index in [2.05, 4.69) is 47.4 Å². The summed E-state index contributed by atoms with van der Waals surface area (Å²) in [6, 6.07) is 16.6. The van der Waals surface area contributed by atoms with Crippen LogP contribution in [0.1, 0.15) is 16.7 Å². The van der Waals surface area contributed by atoms with Gasteiger partial charge in [-0.25, -0.2) is 5.48 Å². The van der Waals surface area contributed by atoms with Crippen LogP contribution < -0.4 is 10.8 Å². The molecule has 0 aliphatic heterocycles. The Labute approximate surface area is 152 Å². The summed E-state index contributed by atoms with van der Waals surface area (Å²) in [4.78, 5) is 11.0. The van der Waals surface area contributed by atoms with Crippen molar-refractivity contribution in [2.45, 2.75) is 13.0 Å². The molecule has 1 amide bonds. The first-order chi connectivity index (χ1) is 12.7. The lowest BCUT2D eigenvalue weighted by molar-refractivity contribution is -0.124. The van der Waals surface area contributed by atoms with Gasteiger partial charge in [0.2, 0.25) is 0 Å². The van der Waals surface area contributed by atoms with E-state index >= 15 is 0 Å². The van der Waals surface area contributed by atoms with Gasteiger partial charge in [-0.05, 0) is 47.9 Å². The molecule has 0 radical (unpaired) electrons. The van der Waals surface area contributed by atoms with E-state index in [0.29, 0.717) is 0 Å². The Balaban J connectivity index is 1.50. The fourth-order valence-corrected chi connectivity index (χ4v) is 3.00. The summed E-state index contributed by atoms with van der Waals surface area (Å²) in [5.41, 5.74) is 6.29. The maximum atomic E-state index is 11.0. The van der Waals surface area contributed by atoms with Gasteiger partial charge in [-0.15, -0.1) is 0 Å². The summed E-state index contributed by atoms with van der Waals surface area (Å²) in [6.45, 7) is 1.71. The summed E-state index contributed by atoms with van der Waals surface area (Å²) < 4.78 is 2.15. The molecular weight excluding hydrogens is 326 g/mol. The van der Waals surface area contributed by atoms with Crippen LogP contribution in [0.15, 0.2) is 60.8 Å². The van der Waals surface area contributed by atoms with Gasteiger partial charge in [0.1, 0.15) is 0 Å². The second-order valence-electron chi connectivity index (χ2n) is 6.25. The molecule has 3 rings (SSSR count). The Hall–Kier alpha value is -2.89. The Morgan fingerprint density at radius 2 is 1.96 bits per heavy atom. The minimum Gasteiger partial charge on any atom is -0.351 e. The van der Waals surface area contributed by atoms with Crippen LogP contribution in [0.4, 0.5) is 0 Å². The number of carbonyl (C=O) groups is 1. The van der Waals surface area contributed by atoms with E-state index in [1.165, 1.54) is 28.1 Å². The van der Waals surface area contributed by atoms with E-state index in [1.807, 2.05) is 24.3 Å². The molecule has 0 unspecified atom stereocenters. The first kappa shape index (κ1) is 17.9. The number of hydrogen-bond acceptors (Lipinski definition) is 3. The van der Waals surface area contributed by atoms with Gasteiger partial charge in [0.15, 0.2) is 0 Å². The molecule has 134 valence electrons. The van der Waals surface area contributed by atoms with Crippen molar-refractivity contribution in [3.8, 4) is 0 Å². The zero-order chi connectivity index (χ0) is 18.4. The predicted molar refractivity (Wildman–Crippen MR) is 104 cm³/mol. The summed E-state index contributed by atoms with van der Waals surface area (Å²) >= 11 is 0. The minimum absolute atomic E-state index is 0.538. The third kappa shape index (κ3) is 4.39. The maximum Gasteiger partial charge on any atom is 0.267 e. The van der Waals surface area contributed by atoms with Gasteiger partial charge in [0.05, 0.1) is 0 Å². The SMILES string of the molecule is Cn1ccc2c(CCNCc3ccc(/C=C/C(=O)NO)cc3)cccc21. The third-order valence-corrected chi connectivity index (χ3v) is 4.44. The van der Waals surface area contributed by atoms with Crippen molar-refractivity contribution >= 4 is 22.9 Å². The van der Waals surface area contributed by atoms with E-state index in [1.54, 1.807) is 11.6 Å². The molecule has 3 N–H and O–H groups in total. The smallest absolute Gasteiger partial charge is 0.267 e. The van der Waals surface area contributed by atoms with Crippen LogP contribution in [0.2, 0.25) is 0 Å². The molecule has 26 heavy (non-hydrogen) atoms. The quantitative estimate of drug-likeness (QED) is 0.266. The average molecular weight is 349 g/mol. The Morgan fingerprint density at radius 3 is 2.73 bits per heavy atom. The number of nitrogens with zero attached hydrogens (tertiary/aromatic N) is 1. The topological polar surface area (TPSA) is 66.3 Å². The third-order valence-electron chi connectivity index (χ3n) is 4.44. The lowest BCUT2D eigenvalue weighted by Gasteiger charge is -2.07. The molecule has 5 heteroatoms. The zero-order valence-corrected chi connectivity index (χ0v) is 14.8. The predicted octanol–water partition coefficient (Wildman–Crippen LogP) is 3.03. The van der Waals surface area contributed by atoms with Crippen molar-refractivity contribution in [3.05, 3.63) is 77.5 Å².